The van der Waals surface area contributed by atoms with Gasteiger partial charge in [0.25, 0.3) is 0 Å². The molecule has 1 heterocycles. The van der Waals surface area contributed by atoms with Crippen LogP contribution in [-0.4, -0.2) is 57.5 Å². The molecule has 0 bridgehead atoms. The van der Waals surface area contributed by atoms with E-state index in [0.29, 0.717) is 12.2 Å². The summed E-state index contributed by atoms with van der Waals surface area (Å²) in [6.45, 7) is 4.03. The number of thioether (sulfide) groups is 1. The van der Waals surface area contributed by atoms with Crippen LogP contribution in [0.5, 0.6) is 0 Å². The molecule has 1 saturated heterocycles. The molecular weight excluding hydrogens is 408 g/mol. The number of aliphatic carboxylic acids is 1. The number of imide groups is 1. The molecule has 0 aromatic heterocycles. The number of amides is 3. The van der Waals surface area contributed by atoms with Crippen molar-refractivity contribution in [1.82, 2.24) is 10.2 Å². The number of nitrogens with one attached hydrogen (secondary N) is 1. The highest BCUT2D eigenvalue weighted by atomic mass is 32.2. The number of hydrogen-bond acceptors (Lipinski definition) is 6. The second kappa shape index (κ2) is 11.6. The van der Waals surface area contributed by atoms with E-state index in [1.807, 2.05) is 32.0 Å². The van der Waals surface area contributed by atoms with Crippen LogP contribution < -0.4 is 5.32 Å². The van der Waals surface area contributed by atoms with Crippen molar-refractivity contribution in [3.8, 4) is 0 Å². The van der Waals surface area contributed by atoms with Crippen molar-refractivity contribution in [2.75, 3.05) is 11.5 Å². The molecule has 3 amide bonds. The minimum absolute atomic E-state index is 0.0135. The van der Waals surface area contributed by atoms with Crippen molar-refractivity contribution in [1.29, 1.82) is 0 Å². The van der Waals surface area contributed by atoms with Crippen LogP contribution in [0.4, 0.5) is 4.79 Å². The zero-order chi connectivity index (χ0) is 22.1. The fraction of sp³-hybridized carbons (Fsp3) is 0.524. The van der Waals surface area contributed by atoms with Gasteiger partial charge < -0.3 is 15.2 Å². The Hall–Kier alpha value is -2.55. The van der Waals surface area contributed by atoms with Crippen LogP contribution >= 0.6 is 11.8 Å². The maximum absolute atomic E-state index is 12.8. The molecule has 2 rings (SSSR count). The number of carbonyl (C=O) groups excluding carboxylic acids is 3. The number of hydrogen-bond donors (Lipinski definition) is 2. The number of carboxylic acid groups (broad SMARTS) is 1. The molecular formula is C21H28N2O6S. The first-order chi connectivity index (χ1) is 14.3. The normalized spacial score (nSPS) is 17.1. The van der Waals surface area contributed by atoms with Crippen LogP contribution in [0.2, 0.25) is 0 Å². The van der Waals surface area contributed by atoms with E-state index in [1.165, 1.54) is 11.8 Å². The van der Waals surface area contributed by atoms with Gasteiger partial charge >= 0.3 is 12.1 Å². The molecule has 1 aliphatic rings. The van der Waals surface area contributed by atoms with Crippen LogP contribution in [0.3, 0.4) is 0 Å². The van der Waals surface area contributed by atoms with Gasteiger partial charge in [-0.15, -0.1) is 11.8 Å². The van der Waals surface area contributed by atoms with Gasteiger partial charge in [-0.25, -0.2) is 9.69 Å². The van der Waals surface area contributed by atoms with Crippen molar-refractivity contribution in [2.45, 2.75) is 51.8 Å². The molecule has 8 nitrogen and oxygen atoms in total. The third-order valence-corrected chi connectivity index (χ3v) is 5.65. The fourth-order valence-electron chi connectivity index (χ4n) is 3.27. The number of carboxylic acids is 1. The van der Waals surface area contributed by atoms with Gasteiger partial charge in [0.15, 0.2) is 0 Å². The Morgan fingerprint density at radius 3 is 2.60 bits per heavy atom. The van der Waals surface area contributed by atoms with Crippen LogP contribution in [0, 0.1) is 5.92 Å². The second-order valence-electron chi connectivity index (χ2n) is 7.60. The number of rotatable bonds is 10. The van der Waals surface area contributed by atoms with E-state index in [4.69, 9.17) is 9.84 Å². The van der Waals surface area contributed by atoms with Gasteiger partial charge in [-0.1, -0.05) is 44.2 Å². The lowest BCUT2D eigenvalue weighted by molar-refractivity contribution is -0.134. The lowest BCUT2D eigenvalue weighted by atomic mass is 10.0. The van der Waals surface area contributed by atoms with Gasteiger partial charge in [0.05, 0.1) is 5.75 Å². The molecule has 164 valence electrons. The Kier molecular flexibility index (Phi) is 9.16. The summed E-state index contributed by atoms with van der Waals surface area (Å²) in [5.41, 5.74) is 0.783. The molecule has 30 heavy (non-hydrogen) atoms. The quantitative estimate of drug-likeness (QED) is 0.580. The van der Waals surface area contributed by atoms with Crippen LogP contribution in [-0.2, 0) is 25.7 Å². The zero-order valence-corrected chi connectivity index (χ0v) is 18.0. The lowest BCUT2D eigenvalue weighted by Gasteiger charge is -2.25. The molecule has 0 aliphatic carbocycles. The Morgan fingerprint density at radius 2 is 1.97 bits per heavy atom. The Morgan fingerprint density at radius 1 is 1.27 bits per heavy atom. The molecule has 2 atom stereocenters. The summed E-state index contributed by atoms with van der Waals surface area (Å²) in [5, 5.41) is 11.7. The van der Waals surface area contributed by atoms with Gasteiger partial charge in [0, 0.05) is 18.2 Å². The first kappa shape index (κ1) is 23.7. The van der Waals surface area contributed by atoms with Crippen molar-refractivity contribution in [3.63, 3.8) is 0 Å². The summed E-state index contributed by atoms with van der Waals surface area (Å²) < 4.78 is 5.24. The summed E-state index contributed by atoms with van der Waals surface area (Å²) in [6.07, 6.45) is 0.169. The van der Waals surface area contributed by atoms with Gasteiger partial charge in [-0.3, -0.25) is 14.4 Å². The smallest absolute Gasteiger partial charge is 0.417 e. The van der Waals surface area contributed by atoms with Crippen molar-refractivity contribution < 1.29 is 29.0 Å². The number of nitrogens with zero attached hydrogens (tertiary/aromatic N) is 1. The van der Waals surface area contributed by atoms with Crippen LogP contribution in [0.15, 0.2) is 30.3 Å². The highest BCUT2D eigenvalue weighted by molar-refractivity contribution is 7.99. The average molecular weight is 437 g/mol. The number of ether oxygens (including phenoxy) is 1. The summed E-state index contributed by atoms with van der Waals surface area (Å²) in [6, 6.07) is 7.91. The molecule has 1 aliphatic heterocycles. The van der Waals surface area contributed by atoms with E-state index in [0.717, 1.165) is 10.5 Å². The molecule has 9 heteroatoms. The largest absolute Gasteiger partial charge is 0.481 e. The Bertz CT molecular complexity index is 755. The molecule has 0 spiro atoms. The SMILES string of the molecule is CC(C)CC(CSCC(=O)O)NC(=O)C1CCC(=O)N1C(=O)OCc1ccccc1. The summed E-state index contributed by atoms with van der Waals surface area (Å²) in [7, 11) is 0. The monoisotopic (exact) mass is 436 g/mol. The van der Waals surface area contributed by atoms with E-state index in [9.17, 15) is 19.2 Å². The van der Waals surface area contributed by atoms with Gasteiger partial charge in [0.1, 0.15) is 12.6 Å². The Balaban J connectivity index is 1.97. The zero-order valence-electron chi connectivity index (χ0n) is 17.2. The predicted octanol–water partition coefficient (Wildman–Crippen LogP) is 2.66. The lowest BCUT2D eigenvalue weighted by Crippen LogP contribution is -2.51. The minimum Gasteiger partial charge on any atom is -0.481 e. The molecule has 1 aromatic rings. The van der Waals surface area contributed by atoms with Crippen molar-refractivity contribution in [3.05, 3.63) is 35.9 Å². The molecule has 0 saturated carbocycles. The van der Waals surface area contributed by atoms with Crippen molar-refractivity contribution >= 4 is 35.6 Å². The topological polar surface area (TPSA) is 113 Å². The predicted molar refractivity (Wildman–Crippen MR) is 113 cm³/mol. The highest BCUT2D eigenvalue weighted by Crippen LogP contribution is 2.21. The Labute approximate surface area is 180 Å². The molecule has 1 fully saturated rings. The molecule has 2 unspecified atom stereocenters. The van der Waals surface area contributed by atoms with E-state index >= 15 is 0 Å². The van der Waals surface area contributed by atoms with Gasteiger partial charge in [-0.05, 0) is 24.3 Å². The molecule has 0 radical (unpaired) electrons. The number of benzene rings is 1. The van der Waals surface area contributed by atoms with E-state index < -0.39 is 29.9 Å². The standard InChI is InChI=1S/C21H28N2O6S/c1-14(2)10-16(12-30-13-19(25)26)22-20(27)17-8-9-18(24)23(17)21(28)29-11-15-6-4-3-5-7-15/h3-7,14,16-17H,8-13H2,1-2H3,(H,22,27)(H,25,26). The highest BCUT2D eigenvalue weighted by Gasteiger charge is 2.41. The first-order valence-corrected chi connectivity index (χ1v) is 11.1. The van der Waals surface area contributed by atoms with Gasteiger partial charge in [-0.2, -0.15) is 0 Å². The fourth-order valence-corrected chi connectivity index (χ4v) is 4.07. The number of carbonyl (C=O) groups is 4. The molecule has 2 N–H and O–H groups in total. The van der Waals surface area contributed by atoms with Gasteiger partial charge in [0.2, 0.25) is 11.8 Å². The molecule has 1 aromatic carbocycles. The maximum Gasteiger partial charge on any atom is 0.417 e. The third-order valence-electron chi connectivity index (χ3n) is 4.56. The van der Waals surface area contributed by atoms with Crippen molar-refractivity contribution in [2.24, 2.45) is 5.92 Å². The maximum atomic E-state index is 12.8. The van der Waals surface area contributed by atoms with Crippen LogP contribution in [0.1, 0.15) is 38.7 Å². The average Bonchev–Trinajstić information content (AvgIpc) is 3.07. The summed E-state index contributed by atoms with van der Waals surface area (Å²) in [5.74, 6) is -1.09. The first-order valence-electron chi connectivity index (χ1n) is 9.90. The third kappa shape index (κ3) is 7.37. The minimum atomic E-state index is -0.917. The van der Waals surface area contributed by atoms with E-state index in [2.05, 4.69) is 5.32 Å². The summed E-state index contributed by atoms with van der Waals surface area (Å²) >= 11 is 1.22. The second-order valence-corrected chi connectivity index (χ2v) is 8.63. The van der Waals surface area contributed by atoms with Crippen LogP contribution in [0.25, 0.3) is 0 Å². The summed E-state index contributed by atoms with van der Waals surface area (Å²) in [4.78, 5) is 49.2. The van der Waals surface area contributed by atoms with E-state index in [1.54, 1.807) is 12.1 Å². The number of likely N-dealkylation sites (tertiary alicyclic amines) is 1. The van der Waals surface area contributed by atoms with E-state index in [-0.39, 0.29) is 37.2 Å².